The number of anilines is 1. The van der Waals surface area contributed by atoms with E-state index in [0.29, 0.717) is 22.7 Å². The van der Waals surface area contributed by atoms with Crippen molar-refractivity contribution >= 4 is 40.5 Å². The van der Waals surface area contributed by atoms with Gasteiger partial charge in [-0.15, -0.1) is 0 Å². The molecule has 0 spiro atoms. The number of fused-ring (bicyclic) bond motifs is 1. The number of hydroxylamine groups is 1. The molecule has 1 atom stereocenters. The zero-order chi connectivity index (χ0) is 24.0. The van der Waals surface area contributed by atoms with Crippen molar-refractivity contribution in [2.75, 3.05) is 18.2 Å². The summed E-state index contributed by atoms with van der Waals surface area (Å²) in [5.41, 5.74) is 9.15. The van der Waals surface area contributed by atoms with Gasteiger partial charge in [-0.25, -0.2) is 19.2 Å². The van der Waals surface area contributed by atoms with Crippen LogP contribution in [0.1, 0.15) is 12.5 Å². The fourth-order valence-corrected chi connectivity index (χ4v) is 3.33. The third kappa shape index (κ3) is 5.99. The number of aromatic nitrogens is 1. The molecule has 0 bridgehead atoms. The van der Waals surface area contributed by atoms with Crippen molar-refractivity contribution in [1.29, 1.82) is 0 Å². The van der Waals surface area contributed by atoms with Gasteiger partial charge in [-0.3, -0.25) is 19.4 Å². The molecule has 0 fully saturated rings. The predicted molar refractivity (Wildman–Crippen MR) is 120 cm³/mol. The van der Waals surface area contributed by atoms with Crippen molar-refractivity contribution in [3.05, 3.63) is 70.9 Å². The van der Waals surface area contributed by atoms with Gasteiger partial charge in [-0.2, -0.15) is 5.06 Å². The summed E-state index contributed by atoms with van der Waals surface area (Å²) in [6.07, 6.45) is 1.88. The molecule has 11 heteroatoms. The number of nitrogens with zero attached hydrogens (tertiary/aromatic N) is 3. The molecular formula is C22H22ClF2N5O3. The van der Waals surface area contributed by atoms with Gasteiger partial charge in [-0.1, -0.05) is 23.7 Å². The van der Waals surface area contributed by atoms with Gasteiger partial charge in [0.15, 0.2) is 5.82 Å². The molecule has 0 saturated carbocycles. The highest BCUT2D eigenvalue weighted by Gasteiger charge is 2.22. The summed E-state index contributed by atoms with van der Waals surface area (Å²) >= 11 is 5.97. The lowest BCUT2D eigenvalue weighted by Crippen LogP contribution is -2.54. The molecule has 2 aromatic carbocycles. The van der Waals surface area contributed by atoms with Crippen molar-refractivity contribution in [2.24, 2.45) is 5.73 Å². The Morgan fingerprint density at radius 1 is 1.27 bits per heavy atom. The second kappa shape index (κ2) is 11.1. The maximum atomic E-state index is 13.7. The number of halogens is 3. The predicted octanol–water partition coefficient (Wildman–Crippen LogP) is 2.94. The topological polar surface area (TPSA) is 101 Å². The Labute approximate surface area is 193 Å². The van der Waals surface area contributed by atoms with Gasteiger partial charge in [0.05, 0.1) is 17.7 Å². The molecule has 0 radical (unpaired) electrons. The SMILES string of the molecule is CC(=O)N(NCc1cccc(F)c1Cl)[C@@H](CN)CON(C=O)c1cc2cc(F)ccc2cn1. The first-order valence-electron chi connectivity index (χ1n) is 9.93. The van der Waals surface area contributed by atoms with E-state index in [1.807, 2.05) is 0 Å². The van der Waals surface area contributed by atoms with Crippen LogP contribution in [0.4, 0.5) is 14.6 Å². The van der Waals surface area contributed by atoms with Crippen LogP contribution in [0.5, 0.6) is 0 Å². The lowest BCUT2D eigenvalue weighted by Gasteiger charge is -2.31. The quantitative estimate of drug-likeness (QED) is 0.344. The van der Waals surface area contributed by atoms with Crippen LogP contribution in [0.15, 0.2) is 48.7 Å². The van der Waals surface area contributed by atoms with E-state index in [2.05, 4.69) is 10.4 Å². The maximum absolute atomic E-state index is 13.7. The first kappa shape index (κ1) is 24.5. The molecule has 1 aromatic heterocycles. The number of hydrazine groups is 1. The van der Waals surface area contributed by atoms with Gasteiger partial charge in [0.2, 0.25) is 12.3 Å². The van der Waals surface area contributed by atoms with Crippen molar-refractivity contribution in [3.8, 4) is 0 Å². The molecule has 8 nitrogen and oxygen atoms in total. The standard InChI is InChI=1S/C22H22ClF2N5O3/c1-14(32)30(28-11-16-3-2-4-20(25)22(16)23)19(9-26)12-33-29(13-31)21-8-17-7-18(24)6-5-15(17)10-27-21/h2-8,10,13,19,28H,9,11-12,26H2,1H3/t19-/m0/s1. The van der Waals surface area contributed by atoms with Gasteiger partial charge in [0, 0.05) is 31.6 Å². The average molecular weight is 478 g/mol. The van der Waals surface area contributed by atoms with Crippen LogP contribution in [0.2, 0.25) is 5.02 Å². The summed E-state index contributed by atoms with van der Waals surface area (Å²) in [5, 5.41) is 3.26. The zero-order valence-corrected chi connectivity index (χ0v) is 18.4. The highest BCUT2D eigenvalue weighted by molar-refractivity contribution is 6.31. The van der Waals surface area contributed by atoms with E-state index in [1.165, 1.54) is 48.5 Å². The summed E-state index contributed by atoms with van der Waals surface area (Å²) in [4.78, 5) is 33.5. The monoisotopic (exact) mass is 477 g/mol. The van der Waals surface area contributed by atoms with Gasteiger partial charge in [-0.05, 0) is 41.3 Å². The molecule has 3 rings (SSSR count). The normalized spacial score (nSPS) is 11.9. The number of hydrogen-bond donors (Lipinski definition) is 2. The van der Waals surface area contributed by atoms with E-state index in [9.17, 15) is 18.4 Å². The number of nitrogens with two attached hydrogens (primary N) is 1. The van der Waals surface area contributed by atoms with Crippen LogP contribution in [0, 0.1) is 11.6 Å². The van der Waals surface area contributed by atoms with Crippen molar-refractivity contribution in [3.63, 3.8) is 0 Å². The number of carbonyl (C=O) groups is 2. The van der Waals surface area contributed by atoms with Gasteiger partial charge < -0.3 is 5.73 Å². The molecule has 3 aromatic rings. The molecule has 0 aliphatic rings. The largest absolute Gasteiger partial charge is 0.328 e. The van der Waals surface area contributed by atoms with Crippen LogP contribution in [-0.4, -0.2) is 41.5 Å². The average Bonchev–Trinajstić information content (AvgIpc) is 2.80. The van der Waals surface area contributed by atoms with Gasteiger partial charge in [0.25, 0.3) is 0 Å². The van der Waals surface area contributed by atoms with Crippen molar-refractivity contribution in [1.82, 2.24) is 15.4 Å². The van der Waals surface area contributed by atoms with Crippen molar-refractivity contribution in [2.45, 2.75) is 19.5 Å². The Kier molecular flexibility index (Phi) is 8.23. The first-order valence-corrected chi connectivity index (χ1v) is 10.3. The Morgan fingerprint density at radius 3 is 2.76 bits per heavy atom. The Balaban J connectivity index is 1.71. The summed E-state index contributed by atoms with van der Waals surface area (Å²) in [6.45, 7) is 1.20. The van der Waals surface area contributed by atoms with Gasteiger partial charge >= 0.3 is 0 Å². The molecule has 2 amide bonds. The molecule has 0 aliphatic carbocycles. The zero-order valence-electron chi connectivity index (χ0n) is 17.7. The van der Waals surface area contributed by atoms with E-state index in [-0.39, 0.29) is 36.4 Å². The van der Waals surface area contributed by atoms with Crippen LogP contribution in [0.3, 0.4) is 0 Å². The lowest BCUT2D eigenvalue weighted by molar-refractivity contribution is -0.137. The number of amides is 2. The Hall–Kier alpha value is -3.18. The Morgan fingerprint density at radius 2 is 2.06 bits per heavy atom. The van der Waals surface area contributed by atoms with E-state index in [0.717, 1.165) is 5.06 Å². The van der Waals surface area contributed by atoms with E-state index in [4.69, 9.17) is 22.2 Å². The summed E-state index contributed by atoms with van der Waals surface area (Å²) < 4.78 is 27.2. The van der Waals surface area contributed by atoms with Crippen LogP contribution >= 0.6 is 11.6 Å². The van der Waals surface area contributed by atoms with E-state index < -0.39 is 17.7 Å². The van der Waals surface area contributed by atoms with E-state index in [1.54, 1.807) is 12.1 Å². The van der Waals surface area contributed by atoms with Crippen LogP contribution < -0.4 is 16.2 Å². The molecule has 0 saturated heterocycles. The fourth-order valence-electron chi connectivity index (χ4n) is 3.14. The van der Waals surface area contributed by atoms with Crippen LogP contribution in [0.25, 0.3) is 10.8 Å². The van der Waals surface area contributed by atoms with Gasteiger partial charge in [0.1, 0.15) is 11.6 Å². The van der Waals surface area contributed by atoms with Crippen molar-refractivity contribution < 1.29 is 23.2 Å². The summed E-state index contributed by atoms with van der Waals surface area (Å²) in [5.74, 6) is -1.25. The second-order valence-electron chi connectivity index (χ2n) is 7.09. The third-order valence-corrected chi connectivity index (χ3v) is 5.27. The highest BCUT2D eigenvalue weighted by atomic mass is 35.5. The summed E-state index contributed by atoms with van der Waals surface area (Å²) in [7, 11) is 0. The number of benzene rings is 2. The Bertz CT molecular complexity index is 1150. The molecule has 1 heterocycles. The molecule has 0 unspecified atom stereocenters. The lowest BCUT2D eigenvalue weighted by atomic mass is 10.2. The number of rotatable bonds is 10. The fraction of sp³-hybridized carbons (Fsp3) is 0.227. The summed E-state index contributed by atoms with van der Waals surface area (Å²) in [6, 6.07) is 9.35. The first-order chi connectivity index (χ1) is 15.8. The minimum Gasteiger partial charge on any atom is -0.328 e. The van der Waals surface area contributed by atoms with Crippen LogP contribution in [-0.2, 0) is 21.0 Å². The molecule has 33 heavy (non-hydrogen) atoms. The maximum Gasteiger partial charge on any atom is 0.239 e. The number of pyridine rings is 1. The minimum atomic E-state index is -0.685. The second-order valence-corrected chi connectivity index (χ2v) is 7.47. The number of carbonyl (C=O) groups excluding carboxylic acids is 2. The molecular weight excluding hydrogens is 456 g/mol. The minimum absolute atomic E-state index is 0.00742. The molecule has 174 valence electrons. The molecule has 0 aliphatic heterocycles. The number of hydrogen-bond acceptors (Lipinski definition) is 6. The van der Waals surface area contributed by atoms with E-state index >= 15 is 0 Å². The third-order valence-electron chi connectivity index (χ3n) is 4.84. The molecule has 3 N–H and O–H groups in total. The highest BCUT2D eigenvalue weighted by Crippen LogP contribution is 2.21. The smallest absolute Gasteiger partial charge is 0.239 e. The number of nitrogens with one attached hydrogen (secondary N) is 1.